The topological polar surface area (TPSA) is 60.9 Å². The maximum atomic E-state index is 12.5. The third-order valence-electron chi connectivity index (χ3n) is 4.94. The van der Waals surface area contributed by atoms with Gasteiger partial charge in [0.05, 0.1) is 5.56 Å². The highest BCUT2D eigenvalue weighted by atomic mass is 16.4. The van der Waals surface area contributed by atoms with Crippen LogP contribution < -0.4 is 0 Å². The van der Waals surface area contributed by atoms with Crippen molar-refractivity contribution in [2.24, 2.45) is 0 Å². The van der Waals surface area contributed by atoms with Crippen LogP contribution in [0.5, 0.6) is 0 Å². The number of likely N-dealkylation sites (tertiary alicyclic amines) is 1. The highest BCUT2D eigenvalue weighted by Crippen LogP contribution is 2.27. The van der Waals surface area contributed by atoms with Gasteiger partial charge in [0.25, 0.3) is 0 Å². The number of rotatable bonds is 7. The minimum atomic E-state index is -0.904. The fourth-order valence-electron chi connectivity index (χ4n) is 3.33. The zero-order valence-electron chi connectivity index (χ0n) is 14.7. The summed E-state index contributed by atoms with van der Waals surface area (Å²) in [4.78, 5) is 27.7. The number of carboxylic acids is 1. The quantitative estimate of drug-likeness (QED) is 0.834. The van der Waals surface area contributed by atoms with Gasteiger partial charge in [0, 0.05) is 32.0 Å². The number of hydrogen-bond acceptors (Lipinski definition) is 3. The Labute approximate surface area is 144 Å². The SMILES string of the molecule is CCN(CC)CCC(=O)N1CCCC(c2ccc(C(=O)O)cc2)C1. The van der Waals surface area contributed by atoms with Crippen molar-refractivity contribution in [3.05, 3.63) is 35.4 Å². The Morgan fingerprint density at radius 1 is 1.21 bits per heavy atom. The minimum Gasteiger partial charge on any atom is -0.478 e. The molecular formula is C19H28N2O3. The van der Waals surface area contributed by atoms with Gasteiger partial charge in [-0.15, -0.1) is 0 Å². The van der Waals surface area contributed by atoms with Crippen molar-refractivity contribution >= 4 is 11.9 Å². The van der Waals surface area contributed by atoms with Crippen LogP contribution in [0.4, 0.5) is 0 Å². The van der Waals surface area contributed by atoms with Crippen molar-refractivity contribution in [3.63, 3.8) is 0 Å². The van der Waals surface area contributed by atoms with E-state index >= 15 is 0 Å². The van der Waals surface area contributed by atoms with Crippen molar-refractivity contribution in [1.82, 2.24) is 9.80 Å². The second-order valence-corrected chi connectivity index (χ2v) is 6.38. The van der Waals surface area contributed by atoms with E-state index in [1.807, 2.05) is 17.0 Å². The summed E-state index contributed by atoms with van der Waals surface area (Å²) in [5.74, 6) is -0.369. The van der Waals surface area contributed by atoms with E-state index in [2.05, 4.69) is 18.7 Å². The maximum absolute atomic E-state index is 12.5. The van der Waals surface area contributed by atoms with Gasteiger partial charge < -0.3 is 14.9 Å². The Kier molecular flexibility index (Phi) is 6.79. The number of benzene rings is 1. The second-order valence-electron chi connectivity index (χ2n) is 6.38. The Bertz CT molecular complexity index is 552. The molecule has 132 valence electrons. The van der Waals surface area contributed by atoms with Gasteiger partial charge in [0.2, 0.25) is 5.91 Å². The normalized spacial score (nSPS) is 18.0. The fourth-order valence-corrected chi connectivity index (χ4v) is 3.33. The van der Waals surface area contributed by atoms with Crippen LogP contribution in [0.15, 0.2) is 24.3 Å². The highest BCUT2D eigenvalue weighted by Gasteiger charge is 2.24. The monoisotopic (exact) mass is 332 g/mol. The number of carbonyl (C=O) groups is 2. The largest absolute Gasteiger partial charge is 0.478 e. The van der Waals surface area contributed by atoms with E-state index in [0.717, 1.165) is 51.1 Å². The Balaban J connectivity index is 1.93. The van der Waals surface area contributed by atoms with E-state index in [-0.39, 0.29) is 5.91 Å². The summed E-state index contributed by atoms with van der Waals surface area (Å²) in [6.45, 7) is 8.58. The lowest BCUT2D eigenvalue weighted by atomic mass is 9.90. The smallest absolute Gasteiger partial charge is 0.335 e. The van der Waals surface area contributed by atoms with Gasteiger partial charge in [-0.3, -0.25) is 4.79 Å². The molecule has 1 aliphatic heterocycles. The van der Waals surface area contributed by atoms with Crippen LogP contribution in [-0.4, -0.2) is 59.5 Å². The number of amides is 1. The molecule has 1 N–H and O–H groups in total. The fraction of sp³-hybridized carbons (Fsp3) is 0.579. The lowest BCUT2D eigenvalue weighted by Gasteiger charge is -2.33. The molecule has 1 aliphatic rings. The van der Waals surface area contributed by atoms with Crippen molar-refractivity contribution < 1.29 is 14.7 Å². The maximum Gasteiger partial charge on any atom is 0.335 e. The molecule has 5 nitrogen and oxygen atoms in total. The summed E-state index contributed by atoms with van der Waals surface area (Å²) < 4.78 is 0. The van der Waals surface area contributed by atoms with Crippen molar-refractivity contribution in [2.45, 2.75) is 39.0 Å². The zero-order valence-corrected chi connectivity index (χ0v) is 14.7. The summed E-state index contributed by atoms with van der Waals surface area (Å²) in [5.41, 5.74) is 1.43. The molecule has 24 heavy (non-hydrogen) atoms. The predicted molar refractivity (Wildman–Crippen MR) is 94.4 cm³/mol. The van der Waals surface area contributed by atoms with Crippen LogP contribution in [0.2, 0.25) is 0 Å². The number of hydrogen-bond donors (Lipinski definition) is 1. The average molecular weight is 332 g/mol. The summed E-state index contributed by atoms with van der Waals surface area (Å²) >= 11 is 0. The molecule has 5 heteroatoms. The van der Waals surface area contributed by atoms with E-state index in [0.29, 0.717) is 17.9 Å². The molecule has 0 bridgehead atoms. The van der Waals surface area contributed by atoms with Crippen LogP contribution in [0, 0.1) is 0 Å². The van der Waals surface area contributed by atoms with Crippen molar-refractivity contribution in [1.29, 1.82) is 0 Å². The first-order chi connectivity index (χ1) is 11.5. The predicted octanol–water partition coefficient (Wildman–Crippen LogP) is 2.82. The molecule has 1 aromatic carbocycles. The van der Waals surface area contributed by atoms with Gasteiger partial charge in [-0.05, 0) is 43.6 Å². The van der Waals surface area contributed by atoms with Gasteiger partial charge in [0.1, 0.15) is 0 Å². The molecule has 1 unspecified atom stereocenters. The minimum absolute atomic E-state index is 0.230. The lowest BCUT2D eigenvalue weighted by Crippen LogP contribution is -2.40. The van der Waals surface area contributed by atoms with Gasteiger partial charge in [-0.1, -0.05) is 26.0 Å². The van der Waals surface area contributed by atoms with Crippen molar-refractivity contribution in [2.75, 3.05) is 32.7 Å². The molecule has 2 rings (SSSR count). The summed E-state index contributed by atoms with van der Waals surface area (Å²) in [7, 11) is 0. The Morgan fingerprint density at radius 3 is 2.46 bits per heavy atom. The van der Waals surface area contributed by atoms with E-state index in [1.165, 1.54) is 0 Å². The number of aromatic carboxylic acids is 1. The molecule has 1 amide bonds. The first-order valence-corrected chi connectivity index (χ1v) is 8.88. The molecule has 1 heterocycles. The molecule has 1 fully saturated rings. The molecule has 0 spiro atoms. The van der Waals surface area contributed by atoms with Crippen LogP contribution >= 0.6 is 0 Å². The van der Waals surface area contributed by atoms with Crippen LogP contribution in [0.3, 0.4) is 0 Å². The van der Waals surface area contributed by atoms with Gasteiger partial charge in [-0.2, -0.15) is 0 Å². The zero-order chi connectivity index (χ0) is 17.5. The van der Waals surface area contributed by atoms with Gasteiger partial charge in [0.15, 0.2) is 0 Å². The third kappa shape index (κ3) is 4.81. The molecule has 1 atom stereocenters. The van der Waals surface area contributed by atoms with Crippen molar-refractivity contribution in [3.8, 4) is 0 Å². The second kappa shape index (κ2) is 8.83. The molecule has 0 aliphatic carbocycles. The van der Waals surface area contributed by atoms with Crippen LogP contribution in [-0.2, 0) is 4.79 Å². The number of carbonyl (C=O) groups excluding carboxylic acids is 1. The summed E-state index contributed by atoms with van der Waals surface area (Å²) in [6.07, 6.45) is 2.63. The summed E-state index contributed by atoms with van der Waals surface area (Å²) in [6, 6.07) is 7.08. The number of piperidine rings is 1. The Hall–Kier alpha value is -1.88. The lowest BCUT2D eigenvalue weighted by molar-refractivity contribution is -0.132. The van der Waals surface area contributed by atoms with Gasteiger partial charge in [-0.25, -0.2) is 4.79 Å². The molecule has 0 radical (unpaired) electrons. The van der Waals surface area contributed by atoms with E-state index in [4.69, 9.17) is 5.11 Å². The van der Waals surface area contributed by atoms with E-state index in [1.54, 1.807) is 12.1 Å². The highest BCUT2D eigenvalue weighted by molar-refractivity contribution is 5.87. The molecule has 0 aromatic heterocycles. The number of nitrogens with zero attached hydrogens (tertiary/aromatic N) is 2. The standard InChI is InChI=1S/C19H28N2O3/c1-3-20(4-2)13-11-18(22)21-12-5-6-17(14-21)15-7-9-16(10-8-15)19(23)24/h7-10,17H,3-6,11-14H2,1-2H3,(H,23,24). The molecular weight excluding hydrogens is 304 g/mol. The third-order valence-corrected chi connectivity index (χ3v) is 4.94. The van der Waals surface area contributed by atoms with E-state index < -0.39 is 5.97 Å². The van der Waals surface area contributed by atoms with Gasteiger partial charge >= 0.3 is 5.97 Å². The molecule has 1 saturated heterocycles. The Morgan fingerprint density at radius 2 is 1.88 bits per heavy atom. The van der Waals surface area contributed by atoms with E-state index in [9.17, 15) is 9.59 Å². The first-order valence-electron chi connectivity index (χ1n) is 8.88. The molecule has 1 aromatic rings. The average Bonchev–Trinajstić information content (AvgIpc) is 2.62. The molecule has 0 saturated carbocycles. The first kappa shape index (κ1) is 18.5. The summed E-state index contributed by atoms with van der Waals surface area (Å²) in [5, 5.41) is 8.99. The number of carboxylic acid groups (broad SMARTS) is 1. The van der Waals surface area contributed by atoms with Crippen LogP contribution in [0.25, 0.3) is 0 Å². The van der Waals surface area contributed by atoms with Crippen LogP contribution in [0.1, 0.15) is 54.9 Å².